The second-order valence-electron chi connectivity index (χ2n) is 5.91. The number of methoxy groups -OCH3 is 1. The second-order valence-corrected chi connectivity index (χ2v) is 5.91. The Morgan fingerprint density at radius 2 is 2.25 bits per heavy atom. The molecule has 0 bridgehead atoms. The van der Waals surface area contributed by atoms with Gasteiger partial charge in [-0.2, -0.15) is 0 Å². The van der Waals surface area contributed by atoms with Crippen LogP contribution in [0.25, 0.3) is 0 Å². The Morgan fingerprint density at radius 3 is 2.92 bits per heavy atom. The van der Waals surface area contributed by atoms with E-state index in [1.54, 1.807) is 18.9 Å². The standard InChI is InChI=1S/C18H27NO5/c1-14(24-13-16-7-5-11-23-16)18(21)19(9-10-20)12-15-6-3-4-8-17(15)22-2/h3-4,6,8,14,16,20H,5,7,9-13H2,1-2H3. The van der Waals surface area contributed by atoms with Crippen LogP contribution in [-0.4, -0.2) is 61.6 Å². The van der Waals surface area contributed by atoms with E-state index < -0.39 is 6.10 Å². The number of benzene rings is 1. The molecule has 6 heteroatoms. The zero-order chi connectivity index (χ0) is 17.4. The van der Waals surface area contributed by atoms with Crippen molar-refractivity contribution >= 4 is 5.91 Å². The van der Waals surface area contributed by atoms with Gasteiger partial charge in [0.2, 0.25) is 0 Å². The number of aliphatic hydroxyl groups is 1. The lowest BCUT2D eigenvalue weighted by atomic mass is 10.1. The van der Waals surface area contributed by atoms with Gasteiger partial charge in [0, 0.05) is 25.3 Å². The quantitative estimate of drug-likeness (QED) is 0.741. The largest absolute Gasteiger partial charge is 0.496 e. The molecule has 0 saturated carbocycles. The molecule has 134 valence electrons. The molecule has 1 heterocycles. The Hall–Kier alpha value is -1.63. The van der Waals surface area contributed by atoms with Gasteiger partial charge in [-0.15, -0.1) is 0 Å². The molecular weight excluding hydrogens is 310 g/mol. The van der Waals surface area contributed by atoms with E-state index in [0.29, 0.717) is 13.2 Å². The van der Waals surface area contributed by atoms with E-state index in [1.807, 2.05) is 24.3 Å². The molecule has 1 fully saturated rings. The third kappa shape index (κ3) is 5.19. The number of carbonyl (C=O) groups excluding carboxylic acids is 1. The van der Waals surface area contributed by atoms with E-state index in [0.717, 1.165) is 30.8 Å². The first-order valence-electron chi connectivity index (χ1n) is 8.40. The highest BCUT2D eigenvalue weighted by Crippen LogP contribution is 2.20. The molecule has 1 aliphatic rings. The first-order chi connectivity index (χ1) is 11.7. The molecule has 2 unspecified atom stereocenters. The zero-order valence-corrected chi connectivity index (χ0v) is 14.4. The summed E-state index contributed by atoms with van der Waals surface area (Å²) in [5.41, 5.74) is 0.896. The average molecular weight is 337 g/mol. The summed E-state index contributed by atoms with van der Waals surface area (Å²) in [6.07, 6.45) is 1.53. The van der Waals surface area contributed by atoms with Gasteiger partial charge < -0.3 is 24.2 Å². The first kappa shape index (κ1) is 18.7. The molecule has 2 rings (SSSR count). The molecule has 0 spiro atoms. The summed E-state index contributed by atoms with van der Waals surface area (Å²) in [7, 11) is 1.60. The van der Waals surface area contributed by atoms with Gasteiger partial charge in [0.25, 0.3) is 5.91 Å². The summed E-state index contributed by atoms with van der Waals surface area (Å²) in [5.74, 6) is 0.578. The molecule has 1 saturated heterocycles. The predicted octanol–water partition coefficient (Wildman–Crippen LogP) is 1.60. The van der Waals surface area contributed by atoms with E-state index in [1.165, 1.54) is 0 Å². The summed E-state index contributed by atoms with van der Waals surface area (Å²) in [6.45, 7) is 3.46. The van der Waals surface area contributed by atoms with Crippen molar-refractivity contribution < 1.29 is 24.1 Å². The fourth-order valence-corrected chi connectivity index (χ4v) is 2.78. The van der Waals surface area contributed by atoms with Gasteiger partial charge in [0.05, 0.1) is 26.4 Å². The molecule has 2 atom stereocenters. The van der Waals surface area contributed by atoms with Crippen molar-refractivity contribution in [2.45, 2.75) is 38.5 Å². The topological polar surface area (TPSA) is 68.2 Å². The third-order valence-electron chi connectivity index (χ3n) is 4.14. The summed E-state index contributed by atoms with van der Waals surface area (Å²) in [5, 5.41) is 9.29. The summed E-state index contributed by atoms with van der Waals surface area (Å²) in [4.78, 5) is 14.2. The Labute approximate surface area is 143 Å². The minimum atomic E-state index is -0.574. The minimum absolute atomic E-state index is 0.0840. The van der Waals surface area contributed by atoms with Crippen molar-refractivity contribution in [3.05, 3.63) is 29.8 Å². The molecule has 1 aromatic carbocycles. The molecule has 24 heavy (non-hydrogen) atoms. The van der Waals surface area contributed by atoms with Crippen molar-refractivity contribution in [1.82, 2.24) is 4.90 Å². The van der Waals surface area contributed by atoms with Crippen LogP contribution in [0.15, 0.2) is 24.3 Å². The number of amides is 1. The average Bonchev–Trinajstić information content (AvgIpc) is 3.12. The maximum atomic E-state index is 12.7. The Bertz CT molecular complexity index is 516. The smallest absolute Gasteiger partial charge is 0.251 e. The van der Waals surface area contributed by atoms with E-state index in [2.05, 4.69) is 0 Å². The van der Waals surface area contributed by atoms with Crippen LogP contribution < -0.4 is 4.74 Å². The lowest BCUT2D eigenvalue weighted by Crippen LogP contribution is -2.41. The second kappa shape index (κ2) is 9.61. The number of aliphatic hydroxyl groups excluding tert-OH is 1. The van der Waals surface area contributed by atoms with Gasteiger partial charge in [-0.1, -0.05) is 18.2 Å². The molecule has 6 nitrogen and oxygen atoms in total. The summed E-state index contributed by atoms with van der Waals surface area (Å²) in [6, 6.07) is 7.55. The van der Waals surface area contributed by atoms with Gasteiger partial charge in [-0.25, -0.2) is 0 Å². The molecule has 0 aromatic heterocycles. The lowest BCUT2D eigenvalue weighted by molar-refractivity contribution is -0.145. The van der Waals surface area contributed by atoms with Crippen molar-refractivity contribution in [1.29, 1.82) is 0 Å². The van der Waals surface area contributed by atoms with Crippen LogP contribution >= 0.6 is 0 Å². The highest BCUT2D eigenvalue weighted by atomic mass is 16.5. The SMILES string of the molecule is COc1ccccc1CN(CCO)C(=O)C(C)OCC1CCCO1. The number of rotatable bonds is 9. The number of carbonyl (C=O) groups is 1. The van der Waals surface area contributed by atoms with Crippen LogP contribution in [0.2, 0.25) is 0 Å². The normalized spacial score (nSPS) is 18.4. The molecular formula is C18H27NO5. The van der Waals surface area contributed by atoms with E-state index in [4.69, 9.17) is 14.2 Å². The molecule has 0 aliphatic carbocycles. The molecule has 0 radical (unpaired) electrons. The predicted molar refractivity (Wildman–Crippen MR) is 89.9 cm³/mol. The van der Waals surface area contributed by atoms with Crippen LogP contribution in [0, 0.1) is 0 Å². The van der Waals surface area contributed by atoms with Crippen LogP contribution in [0.1, 0.15) is 25.3 Å². The fourth-order valence-electron chi connectivity index (χ4n) is 2.78. The monoisotopic (exact) mass is 337 g/mol. The van der Waals surface area contributed by atoms with Gasteiger partial charge in [-0.3, -0.25) is 4.79 Å². The van der Waals surface area contributed by atoms with Crippen LogP contribution in [0.5, 0.6) is 5.75 Å². The fraction of sp³-hybridized carbons (Fsp3) is 0.611. The summed E-state index contributed by atoms with van der Waals surface area (Å²) < 4.78 is 16.5. The third-order valence-corrected chi connectivity index (χ3v) is 4.14. The van der Waals surface area contributed by atoms with Crippen LogP contribution in [0.4, 0.5) is 0 Å². The Kier molecular flexibility index (Phi) is 7.49. The first-order valence-corrected chi connectivity index (χ1v) is 8.40. The maximum absolute atomic E-state index is 12.7. The van der Waals surface area contributed by atoms with Crippen molar-refractivity contribution in [3.63, 3.8) is 0 Å². The van der Waals surface area contributed by atoms with Gasteiger partial charge in [-0.05, 0) is 25.8 Å². The number of ether oxygens (including phenoxy) is 3. The van der Waals surface area contributed by atoms with Crippen LogP contribution in [0.3, 0.4) is 0 Å². The molecule has 1 N–H and O–H groups in total. The molecule has 1 amide bonds. The number of hydrogen-bond acceptors (Lipinski definition) is 5. The molecule has 1 aliphatic heterocycles. The maximum Gasteiger partial charge on any atom is 0.251 e. The van der Waals surface area contributed by atoms with Crippen molar-refractivity contribution in [2.75, 3.05) is 33.5 Å². The Balaban J connectivity index is 1.95. The highest BCUT2D eigenvalue weighted by molar-refractivity contribution is 5.80. The minimum Gasteiger partial charge on any atom is -0.496 e. The van der Waals surface area contributed by atoms with E-state index in [-0.39, 0.29) is 25.2 Å². The van der Waals surface area contributed by atoms with Crippen molar-refractivity contribution in [3.8, 4) is 5.75 Å². The van der Waals surface area contributed by atoms with Crippen molar-refractivity contribution in [2.24, 2.45) is 0 Å². The lowest BCUT2D eigenvalue weighted by Gasteiger charge is -2.26. The zero-order valence-electron chi connectivity index (χ0n) is 14.4. The number of para-hydroxylation sites is 1. The van der Waals surface area contributed by atoms with Gasteiger partial charge in [0.15, 0.2) is 0 Å². The molecule has 1 aromatic rings. The van der Waals surface area contributed by atoms with Gasteiger partial charge >= 0.3 is 0 Å². The Morgan fingerprint density at radius 1 is 1.46 bits per heavy atom. The van der Waals surface area contributed by atoms with Crippen LogP contribution in [-0.2, 0) is 20.8 Å². The van der Waals surface area contributed by atoms with Gasteiger partial charge in [0.1, 0.15) is 11.9 Å². The van der Waals surface area contributed by atoms with E-state index in [9.17, 15) is 9.90 Å². The summed E-state index contributed by atoms with van der Waals surface area (Å²) >= 11 is 0. The highest BCUT2D eigenvalue weighted by Gasteiger charge is 2.24. The number of hydrogen-bond donors (Lipinski definition) is 1. The van der Waals surface area contributed by atoms with E-state index >= 15 is 0 Å². The number of nitrogens with zero attached hydrogens (tertiary/aromatic N) is 1.